The van der Waals surface area contributed by atoms with Gasteiger partial charge in [0, 0.05) is 26.2 Å². The minimum atomic E-state index is -3.21. The first kappa shape index (κ1) is 15.9. The first-order chi connectivity index (χ1) is 9.97. The molecule has 1 fully saturated rings. The summed E-state index contributed by atoms with van der Waals surface area (Å²) in [4.78, 5) is 2.01. The van der Waals surface area contributed by atoms with Crippen LogP contribution in [0, 0.1) is 5.41 Å². The molecular formula is C14H22N4O2S. The molecule has 0 aromatic heterocycles. The van der Waals surface area contributed by atoms with Crippen LogP contribution in [-0.4, -0.2) is 61.9 Å². The van der Waals surface area contributed by atoms with Gasteiger partial charge in [0.15, 0.2) is 0 Å². The van der Waals surface area contributed by atoms with Gasteiger partial charge in [-0.2, -0.15) is 4.31 Å². The van der Waals surface area contributed by atoms with Gasteiger partial charge in [0.25, 0.3) is 0 Å². The molecule has 0 unspecified atom stereocenters. The van der Waals surface area contributed by atoms with E-state index in [1.807, 2.05) is 35.2 Å². The van der Waals surface area contributed by atoms with Crippen LogP contribution < -0.4 is 5.73 Å². The van der Waals surface area contributed by atoms with Crippen molar-refractivity contribution in [3.05, 3.63) is 35.9 Å². The number of amidine groups is 1. The number of aryl methyl sites for hydroxylation is 1. The molecule has 0 saturated carbocycles. The van der Waals surface area contributed by atoms with Crippen molar-refractivity contribution in [2.24, 2.45) is 5.73 Å². The number of hydrogen-bond donors (Lipinski definition) is 2. The fourth-order valence-electron chi connectivity index (χ4n) is 2.43. The van der Waals surface area contributed by atoms with E-state index < -0.39 is 10.0 Å². The summed E-state index contributed by atoms with van der Waals surface area (Å²) in [5, 5.41) is 7.27. The predicted molar refractivity (Wildman–Crippen MR) is 83.9 cm³/mol. The van der Waals surface area contributed by atoms with Crippen molar-refractivity contribution in [1.82, 2.24) is 9.21 Å². The van der Waals surface area contributed by atoms with Gasteiger partial charge in [-0.05, 0) is 12.0 Å². The molecule has 0 atom stereocenters. The Labute approximate surface area is 126 Å². The summed E-state index contributed by atoms with van der Waals surface area (Å²) in [5.41, 5.74) is 6.40. The van der Waals surface area contributed by atoms with Gasteiger partial charge in [0.2, 0.25) is 10.0 Å². The first-order valence-corrected chi connectivity index (χ1v) is 8.65. The predicted octanol–water partition coefficient (Wildman–Crippen LogP) is 0.112. The quantitative estimate of drug-likeness (QED) is 0.576. The van der Waals surface area contributed by atoms with E-state index in [0.29, 0.717) is 39.1 Å². The minimum Gasteiger partial charge on any atom is -0.387 e. The Morgan fingerprint density at radius 3 is 2.33 bits per heavy atom. The molecule has 21 heavy (non-hydrogen) atoms. The fourth-order valence-corrected chi connectivity index (χ4v) is 3.90. The van der Waals surface area contributed by atoms with Crippen molar-refractivity contribution in [1.29, 1.82) is 5.41 Å². The zero-order chi connectivity index (χ0) is 15.3. The van der Waals surface area contributed by atoms with Crippen LogP contribution in [-0.2, 0) is 16.4 Å². The van der Waals surface area contributed by atoms with Crippen LogP contribution in [0.25, 0.3) is 0 Å². The summed E-state index contributed by atoms with van der Waals surface area (Å²) >= 11 is 0. The Kier molecular flexibility index (Phi) is 5.33. The zero-order valence-electron chi connectivity index (χ0n) is 12.0. The van der Waals surface area contributed by atoms with Crippen molar-refractivity contribution in [3.63, 3.8) is 0 Å². The lowest BCUT2D eigenvalue weighted by molar-refractivity contribution is 0.209. The number of nitrogens with zero attached hydrogens (tertiary/aromatic N) is 2. The van der Waals surface area contributed by atoms with E-state index >= 15 is 0 Å². The molecule has 0 radical (unpaired) electrons. The molecule has 6 nitrogen and oxygen atoms in total. The molecule has 0 bridgehead atoms. The number of nitrogens with one attached hydrogen (secondary N) is 1. The highest BCUT2D eigenvalue weighted by molar-refractivity contribution is 7.89. The highest BCUT2D eigenvalue weighted by Gasteiger charge is 2.26. The van der Waals surface area contributed by atoms with Crippen LogP contribution in [0.15, 0.2) is 30.3 Å². The van der Waals surface area contributed by atoms with Crippen LogP contribution in [0.3, 0.4) is 0 Å². The van der Waals surface area contributed by atoms with E-state index in [-0.39, 0.29) is 11.6 Å². The number of piperazine rings is 1. The third kappa shape index (κ3) is 4.80. The molecule has 116 valence electrons. The molecule has 1 aliphatic heterocycles. The normalized spacial score (nSPS) is 17.7. The average molecular weight is 310 g/mol. The van der Waals surface area contributed by atoms with Gasteiger partial charge < -0.3 is 5.73 Å². The standard InChI is InChI=1S/C14H22N4O2S/c15-14(16)12-17-7-9-18(10-8-17)21(19,20)11-6-13-4-2-1-3-5-13/h1-5H,6-12H2,(H3,15,16). The van der Waals surface area contributed by atoms with Crippen LogP contribution >= 0.6 is 0 Å². The average Bonchev–Trinajstić information content (AvgIpc) is 2.46. The Bertz CT molecular complexity index is 566. The van der Waals surface area contributed by atoms with Gasteiger partial charge >= 0.3 is 0 Å². The van der Waals surface area contributed by atoms with Crippen molar-refractivity contribution in [2.45, 2.75) is 6.42 Å². The molecule has 1 heterocycles. The van der Waals surface area contributed by atoms with Gasteiger partial charge in [0.1, 0.15) is 5.84 Å². The van der Waals surface area contributed by atoms with Crippen LogP contribution in [0.2, 0.25) is 0 Å². The minimum absolute atomic E-state index is 0.121. The number of nitrogens with two attached hydrogens (primary N) is 1. The molecule has 2 rings (SSSR count). The lowest BCUT2D eigenvalue weighted by atomic mass is 10.2. The van der Waals surface area contributed by atoms with E-state index in [9.17, 15) is 8.42 Å². The van der Waals surface area contributed by atoms with Crippen molar-refractivity contribution in [2.75, 3.05) is 38.5 Å². The summed E-state index contributed by atoms with van der Waals surface area (Å²) in [6, 6.07) is 9.65. The van der Waals surface area contributed by atoms with Gasteiger partial charge in [-0.1, -0.05) is 30.3 Å². The Morgan fingerprint density at radius 2 is 1.76 bits per heavy atom. The van der Waals surface area contributed by atoms with Crippen LogP contribution in [0.4, 0.5) is 0 Å². The Hall–Kier alpha value is -1.44. The SMILES string of the molecule is N=C(N)CN1CCN(S(=O)(=O)CCc2ccccc2)CC1. The largest absolute Gasteiger partial charge is 0.387 e. The molecule has 3 N–H and O–H groups in total. The third-order valence-electron chi connectivity index (χ3n) is 3.61. The summed E-state index contributed by atoms with van der Waals surface area (Å²) in [5.74, 6) is 0.263. The van der Waals surface area contributed by atoms with E-state index in [4.69, 9.17) is 11.1 Å². The summed E-state index contributed by atoms with van der Waals surface area (Å²) in [6.07, 6.45) is 0.539. The number of benzene rings is 1. The second-order valence-corrected chi connectivity index (χ2v) is 7.34. The summed E-state index contributed by atoms with van der Waals surface area (Å²) < 4.78 is 26.2. The lowest BCUT2D eigenvalue weighted by Crippen LogP contribution is -2.51. The van der Waals surface area contributed by atoms with Crippen LogP contribution in [0.1, 0.15) is 5.56 Å². The highest BCUT2D eigenvalue weighted by atomic mass is 32.2. The topological polar surface area (TPSA) is 90.5 Å². The second-order valence-electron chi connectivity index (χ2n) is 5.25. The smallest absolute Gasteiger partial charge is 0.214 e. The lowest BCUT2D eigenvalue weighted by Gasteiger charge is -2.33. The van der Waals surface area contributed by atoms with Crippen molar-refractivity contribution in [3.8, 4) is 0 Å². The summed E-state index contributed by atoms with van der Waals surface area (Å²) in [7, 11) is -3.21. The molecule has 1 aromatic carbocycles. The molecule has 0 aliphatic carbocycles. The Balaban J connectivity index is 1.85. The molecule has 0 spiro atoms. The highest BCUT2D eigenvalue weighted by Crippen LogP contribution is 2.10. The molecule has 7 heteroatoms. The van der Waals surface area contributed by atoms with E-state index in [2.05, 4.69) is 0 Å². The van der Waals surface area contributed by atoms with Gasteiger partial charge in [0.05, 0.1) is 12.3 Å². The third-order valence-corrected chi connectivity index (χ3v) is 5.48. The van der Waals surface area contributed by atoms with E-state index in [1.165, 1.54) is 0 Å². The number of sulfonamides is 1. The zero-order valence-corrected chi connectivity index (χ0v) is 12.8. The number of rotatable bonds is 6. The molecule has 1 aliphatic rings. The van der Waals surface area contributed by atoms with Gasteiger partial charge in [-0.15, -0.1) is 0 Å². The number of hydrogen-bond acceptors (Lipinski definition) is 4. The van der Waals surface area contributed by atoms with Crippen molar-refractivity contribution < 1.29 is 8.42 Å². The molecule has 0 amide bonds. The maximum absolute atomic E-state index is 12.3. The maximum Gasteiger partial charge on any atom is 0.214 e. The summed E-state index contributed by atoms with van der Waals surface area (Å²) in [6.45, 7) is 2.63. The van der Waals surface area contributed by atoms with E-state index in [1.54, 1.807) is 4.31 Å². The van der Waals surface area contributed by atoms with Crippen molar-refractivity contribution >= 4 is 15.9 Å². The Morgan fingerprint density at radius 1 is 1.14 bits per heavy atom. The fraction of sp³-hybridized carbons (Fsp3) is 0.500. The first-order valence-electron chi connectivity index (χ1n) is 7.04. The molecule has 1 aromatic rings. The second kappa shape index (κ2) is 7.02. The monoisotopic (exact) mass is 310 g/mol. The maximum atomic E-state index is 12.3. The van der Waals surface area contributed by atoms with E-state index in [0.717, 1.165) is 5.56 Å². The molecule has 1 saturated heterocycles. The van der Waals surface area contributed by atoms with Crippen LogP contribution in [0.5, 0.6) is 0 Å². The van der Waals surface area contributed by atoms with Gasteiger partial charge in [-0.3, -0.25) is 10.3 Å². The van der Waals surface area contributed by atoms with Gasteiger partial charge in [-0.25, -0.2) is 8.42 Å². The molecular weight excluding hydrogens is 288 g/mol.